The van der Waals surface area contributed by atoms with E-state index < -0.39 is 5.97 Å². The Kier molecular flexibility index (Phi) is 6.06. The smallest absolute Gasteiger partial charge is 0.317 e. The molecule has 0 aromatic heterocycles. The maximum absolute atomic E-state index is 10.9. The van der Waals surface area contributed by atoms with Gasteiger partial charge in [0.15, 0.2) is 0 Å². The first-order valence-electron chi connectivity index (χ1n) is 7.72. The standard InChI is InChI=1S/C17H25NO2/c19-17(20)14-18-11-6-2-5-9-16(10-12-18)13-15-7-3-1-4-8-15/h1,3-4,7-8,16H,2,5-6,9-14H2,(H,19,20). The van der Waals surface area contributed by atoms with Crippen molar-refractivity contribution in [1.82, 2.24) is 4.90 Å². The van der Waals surface area contributed by atoms with Crippen molar-refractivity contribution in [3.8, 4) is 0 Å². The summed E-state index contributed by atoms with van der Waals surface area (Å²) in [7, 11) is 0. The van der Waals surface area contributed by atoms with E-state index in [9.17, 15) is 4.79 Å². The fourth-order valence-electron chi connectivity index (χ4n) is 3.07. The van der Waals surface area contributed by atoms with Crippen LogP contribution in [0.25, 0.3) is 0 Å². The number of carboxylic acids is 1. The van der Waals surface area contributed by atoms with Gasteiger partial charge in [0.05, 0.1) is 6.54 Å². The Bertz CT molecular complexity index is 405. The Morgan fingerprint density at radius 1 is 1.10 bits per heavy atom. The van der Waals surface area contributed by atoms with Crippen LogP contribution in [0.5, 0.6) is 0 Å². The number of hydrogen-bond acceptors (Lipinski definition) is 2. The molecule has 1 saturated heterocycles. The third kappa shape index (κ3) is 5.33. The number of benzene rings is 1. The van der Waals surface area contributed by atoms with Gasteiger partial charge in [0.2, 0.25) is 0 Å². The minimum atomic E-state index is -0.705. The second-order valence-corrected chi connectivity index (χ2v) is 5.86. The van der Waals surface area contributed by atoms with Gasteiger partial charge in [0, 0.05) is 0 Å². The maximum Gasteiger partial charge on any atom is 0.317 e. The molecule has 1 atom stereocenters. The van der Waals surface area contributed by atoms with E-state index in [0.717, 1.165) is 32.4 Å². The summed E-state index contributed by atoms with van der Waals surface area (Å²) in [5.41, 5.74) is 1.40. The van der Waals surface area contributed by atoms with E-state index in [1.54, 1.807) is 0 Å². The highest BCUT2D eigenvalue weighted by molar-refractivity contribution is 5.69. The molecule has 0 aliphatic carbocycles. The van der Waals surface area contributed by atoms with Crippen LogP contribution in [0.1, 0.15) is 37.7 Å². The minimum Gasteiger partial charge on any atom is -0.480 e. The summed E-state index contributed by atoms with van der Waals surface area (Å²) in [6, 6.07) is 10.6. The van der Waals surface area contributed by atoms with Crippen LogP contribution in [0.4, 0.5) is 0 Å². The molecule has 1 aromatic carbocycles. The summed E-state index contributed by atoms with van der Waals surface area (Å²) in [6.07, 6.45) is 7.14. The van der Waals surface area contributed by atoms with Crippen molar-refractivity contribution in [2.75, 3.05) is 19.6 Å². The Labute approximate surface area is 121 Å². The lowest BCUT2D eigenvalue weighted by Gasteiger charge is -2.22. The molecule has 1 fully saturated rings. The molecule has 0 radical (unpaired) electrons. The van der Waals surface area contributed by atoms with Gasteiger partial charge in [-0.05, 0) is 43.8 Å². The SMILES string of the molecule is O=C(O)CN1CCCCCC(Cc2ccccc2)CC1. The Morgan fingerprint density at radius 2 is 1.90 bits per heavy atom. The summed E-state index contributed by atoms with van der Waals surface area (Å²) >= 11 is 0. The summed E-state index contributed by atoms with van der Waals surface area (Å²) in [4.78, 5) is 13.0. The van der Waals surface area contributed by atoms with Gasteiger partial charge < -0.3 is 5.11 Å². The number of nitrogens with zero attached hydrogens (tertiary/aromatic N) is 1. The number of aliphatic carboxylic acids is 1. The molecule has 1 aromatic rings. The number of rotatable bonds is 4. The zero-order valence-corrected chi connectivity index (χ0v) is 12.1. The number of carbonyl (C=O) groups is 1. The van der Waals surface area contributed by atoms with Crippen molar-refractivity contribution in [2.45, 2.75) is 38.5 Å². The van der Waals surface area contributed by atoms with E-state index in [2.05, 4.69) is 35.2 Å². The molecule has 110 valence electrons. The van der Waals surface area contributed by atoms with Crippen molar-refractivity contribution in [1.29, 1.82) is 0 Å². The first kappa shape index (κ1) is 15.0. The Hall–Kier alpha value is -1.35. The van der Waals surface area contributed by atoms with Gasteiger partial charge in [-0.2, -0.15) is 0 Å². The van der Waals surface area contributed by atoms with Crippen molar-refractivity contribution in [3.63, 3.8) is 0 Å². The van der Waals surface area contributed by atoms with Gasteiger partial charge in [-0.15, -0.1) is 0 Å². The normalized spacial score (nSPS) is 21.7. The molecule has 1 heterocycles. The van der Waals surface area contributed by atoms with Crippen LogP contribution in [-0.4, -0.2) is 35.6 Å². The van der Waals surface area contributed by atoms with Crippen molar-refractivity contribution >= 4 is 5.97 Å². The summed E-state index contributed by atoms with van der Waals surface area (Å²) < 4.78 is 0. The quantitative estimate of drug-likeness (QED) is 0.917. The van der Waals surface area contributed by atoms with Gasteiger partial charge in [0.25, 0.3) is 0 Å². The van der Waals surface area contributed by atoms with Crippen LogP contribution in [0.2, 0.25) is 0 Å². The number of hydrogen-bond donors (Lipinski definition) is 1. The molecular weight excluding hydrogens is 250 g/mol. The Balaban J connectivity index is 1.90. The molecule has 20 heavy (non-hydrogen) atoms. The second kappa shape index (κ2) is 8.05. The molecule has 2 rings (SSSR count). The second-order valence-electron chi connectivity index (χ2n) is 5.86. The predicted molar refractivity (Wildman–Crippen MR) is 80.8 cm³/mol. The van der Waals surface area contributed by atoms with E-state index in [0.29, 0.717) is 5.92 Å². The fraction of sp³-hybridized carbons (Fsp3) is 0.588. The Morgan fingerprint density at radius 3 is 2.65 bits per heavy atom. The molecule has 1 unspecified atom stereocenters. The molecule has 0 bridgehead atoms. The highest BCUT2D eigenvalue weighted by Gasteiger charge is 2.16. The van der Waals surface area contributed by atoms with E-state index in [1.807, 2.05) is 0 Å². The van der Waals surface area contributed by atoms with Crippen LogP contribution in [0.3, 0.4) is 0 Å². The molecule has 1 N–H and O–H groups in total. The van der Waals surface area contributed by atoms with E-state index in [-0.39, 0.29) is 6.54 Å². The van der Waals surface area contributed by atoms with Crippen molar-refractivity contribution in [3.05, 3.63) is 35.9 Å². The lowest BCUT2D eigenvalue weighted by Crippen LogP contribution is -2.32. The lowest BCUT2D eigenvalue weighted by molar-refractivity contribution is -0.138. The molecule has 0 saturated carbocycles. The van der Waals surface area contributed by atoms with E-state index in [4.69, 9.17) is 5.11 Å². The topological polar surface area (TPSA) is 40.5 Å². The van der Waals surface area contributed by atoms with Gasteiger partial charge in [-0.3, -0.25) is 9.69 Å². The molecular formula is C17H25NO2. The highest BCUT2D eigenvalue weighted by atomic mass is 16.4. The van der Waals surface area contributed by atoms with Crippen molar-refractivity contribution < 1.29 is 9.90 Å². The zero-order chi connectivity index (χ0) is 14.2. The van der Waals surface area contributed by atoms with E-state index >= 15 is 0 Å². The van der Waals surface area contributed by atoms with Crippen LogP contribution < -0.4 is 0 Å². The molecule has 3 heteroatoms. The third-order valence-electron chi connectivity index (χ3n) is 4.17. The molecule has 0 amide bonds. The largest absolute Gasteiger partial charge is 0.480 e. The first-order valence-corrected chi connectivity index (χ1v) is 7.72. The maximum atomic E-state index is 10.9. The predicted octanol–water partition coefficient (Wildman–Crippen LogP) is 3.20. The van der Waals surface area contributed by atoms with Crippen molar-refractivity contribution in [2.24, 2.45) is 5.92 Å². The van der Waals surface area contributed by atoms with Crippen LogP contribution >= 0.6 is 0 Å². The average molecular weight is 275 g/mol. The van der Waals surface area contributed by atoms with Crippen LogP contribution in [0.15, 0.2) is 30.3 Å². The fourth-order valence-corrected chi connectivity index (χ4v) is 3.07. The zero-order valence-electron chi connectivity index (χ0n) is 12.1. The summed E-state index contributed by atoms with van der Waals surface area (Å²) in [6.45, 7) is 2.05. The summed E-state index contributed by atoms with van der Waals surface area (Å²) in [5, 5.41) is 8.96. The van der Waals surface area contributed by atoms with Gasteiger partial charge in [-0.1, -0.05) is 49.6 Å². The van der Waals surface area contributed by atoms with Gasteiger partial charge in [-0.25, -0.2) is 0 Å². The van der Waals surface area contributed by atoms with E-state index in [1.165, 1.54) is 24.8 Å². The molecule has 3 nitrogen and oxygen atoms in total. The summed E-state index contributed by atoms with van der Waals surface area (Å²) in [5.74, 6) is -0.0179. The van der Waals surface area contributed by atoms with Gasteiger partial charge in [0.1, 0.15) is 0 Å². The molecule has 0 spiro atoms. The number of carboxylic acid groups (broad SMARTS) is 1. The van der Waals surface area contributed by atoms with Crippen LogP contribution in [-0.2, 0) is 11.2 Å². The average Bonchev–Trinajstić information content (AvgIpc) is 2.53. The first-order chi connectivity index (χ1) is 9.74. The third-order valence-corrected chi connectivity index (χ3v) is 4.17. The minimum absolute atomic E-state index is 0.193. The lowest BCUT2D eigenvalue weighted by atomic mass is 9.91. The van der Waals surface area contributed by atoms with Crippen LogP contribution in [0, 0.1) is 5.92 Å². The monoisotopic (exact) mass is 275 g/mol. The van der Waals surface area contributed by atoms with Gasteiger partial charge >= 0.3 is 5.97 Å². The molecule has 1 aliphatic heterocycles. The molecule has 1 aliphatic rings. The highest BCUT2D eigenvalue weighted by Crippen LogP contribution is 2.21.